The quantitative estimate of drug-likeness (QED) is 0.707. The standard InChI is InChI=1S/C10H19NO2/c1-10(2)4-5-11(3)7-8(10)6-9(12)13/h8H,4-7H2,1-3H3,(H,12,13). The van der Waals surface area contributed by atoms with Gasteiger partial charge in [-0.05, 0) is 31.3 Å². The predicted octanol–water partition coefficient (Wildman–Crippen LogP) is 1.44. The number of piperidine rings is 1. The number of aliphatic carboxylic acids is 1. The van der Waals surface area contributed by atoms with Crippen LogP contribution in [-0.2, 0) is 4.79 Å². The average Bonchev–Trinajstić information content (AvgIpc) is 1.97. The topological polar surface area (TPSA) is 40.5 Å². The van der Waals surface area contributed by atoms with Crippen LogP contribution in [0.4, 0.5) is 0 Å². The smallest absolute Gasteiger partial charge is 0.303 e. The number of carboxylic acid groups (broad SMARTS) is 1. The molecule has 1 N–H and O–H groups in total. The van der Waals surface area contributed by atoms with E-state index in [-0.39, 0.29) is 5.41 Å². The van der Waals surface area contributed by atoms with Gasteiger partial charge in [0.15, 0.2) is 0 Å². The second-order valence-electron chi connectivity index (χ2n) is 4.80. The van der Waals surface area contributed by atoms with E-state index in [0.29, 0.717) is 12.3 Å². The van der Waals surface area contributed by atoms with Gasteiger partial charge in [-0.2, -0.15) is 0 Å². The molecular formula is C10H19NO2. The molecule has 0 aliphatic carbocycles. The van der Waals surface area contributed by atoms with Gasteiger partial charge in [0.05, 0.1) is 0 Å². The Hall–Kier alpha value is -0.570. The monoisotopic (exact) mass is 185 g/mol. The van der Waals surface area contributed by atoms with Gasteiger partial charge in [0.1, 0.15) is 0 Å². The van der Waals surface area contributed by atoms with E-state index in [2.05, 4.69) is 25.8 Å². The molecule has 0 radical (unpaired) electrons. The van der Waals surface area contributed by atoms with Crippen molar-refractivity contribution in [1.82, 2.24) is 4.90 Å². The maximum atomic E-state index is 10.6. The molecule has 0 bridgehead atoms. The van der Waals surface area contributed by atoms with E-state index in [1.165, 1.54) is 0 Å². The van der Waals surface area contributed by atoms with Gasteiger partial charge in [0.2, 0.25) is 0 Å². The van der Waals surface area contributed by atoms with Crippen molar-refractivity contribution in [1.29, 1.82) is 0 Å². The summed E-state index contributed by atoms with van der Waals surface area (Å²) in [4.78, 5) is 12.9. The molecule has 1 aliphatic rings. The van der Waals surface area contributed by atoms with Crippen molar-refractivity contribution in [2.45, 2.75) is 26.7 Å². The molecule has 0 amide bonds. The highest BCUT2D eigenvalue weighted by molar-refractivity contribution is 5.67. The highest BCUT2D eigenvalue weighted by atomic mass is 16.4. The van der Waals surface area contributed by atoms with Gasteiger partial charge in [0.25, 0.3) is 0 Å². The molecule has 1 fully saturated rings. The lowest BCUT2D eigenvalue weighted by molar-refractivity contribution is -0.140. The molecule has 76 valence electrons. The number of carbonyl (C=O) groups is 1. The van der Waals surface area contributed by atoms with E-state index >= 15 is 0 Å². The Balaban J connectivity index is 2.61. The Morgan fingerprint density at radius 2 is 2.23 bits per heavy atom. The Labute approximate surface area is 79.7 Å². The van der Waals surface area contributed by atoms with Crippen LogP contribution in [0.3, 0.4) is 0 Å². The third kappa shape index (κ3) is 2.69. The summed E-state index contributed by atoms with van der Waals surface area (Å²) in [6.45, 7) is 6.35. The van der Waals surface area contributed by atoms with Crippen molar-refractivity contribution >= 4 is 5.97 Å². The minimum absolute atomic E-state index is 0.185. The lowest BCUT2D eigenvalue weighted by Crippen LogP contribution is -2.43. The summed E-state index contributed by atoms with van der Waals surface area (Å²) >= 11 is 0. The Morgan fingerprint density at radius 1 is 1.62 bits per heavy atom. The highest BCUT2D eigenvalue weighted by Crippen LogP contribution is 2.36. The van der Waals surface area contributed by atoms with E-state index in [0.717, 1.165) is 19.5 Å². The zero-order valence-electron chi connectivity index (χ0n) is 8.71. The zero-order chi connectivity index (χ0) is 10.1. The van der Waals surface area contributed by atoms with Gasteiger partial charge in [-0.1, -0.05) is 13.8 Å². The van der Waals surface area contributed by atoms with Gasteiger partial charge in [-0.15, -0.1) is 0 Å². The number of hydrogen-bond donors (Lipinski definition) is 1. The van der Waals surface area contributed by atoms with Crippen LogP contribution >= 0.6 is 0 Å². The highest BCUT2D eigenvalue weighted by Gasteiger charge is 2.35. The third-order valence-electron chi connectivity index (χ3n) is 3.20. The van der Waals surface area contributed by atoms with Gasteiger partial charge in [0, 0.05) is 13.0 Å². The molecule has 1 unspecified atom stereocenters. The van der Waals surface area contributed by atoms with Crippen LogP contribution < -0.4 is 0 Å². The maximum Gasteiger partial charge on any atom is 0.303 e. The van der Waals surface area contributed by atoms with E-state index in [1.807, 2.05) is 0 Å². The first-order valence-corrected chi connectivity index (χ1v) is 4.82. The summed E-state index contributed by atoms with van der Waals surface area (Å²) in [6.07, 6.45) is 1.40. The van der Waals surface area contributed by atoms with Gasteiger partial charge < -0.3 is 10.0 Å². The lowest BCUT2D eigenvalue weighted by Gasteiger charge is -2.42. The molecule has 0 spiro atoms. The lowest BCUT2D eigenvalue weighted by atomic mass is 9.72. The zero-order valence-corrected chi connectivity index (χ0v) is 8.71. The van der Waals surface area contributed by atoms with Gasteiger partial charge in [-0.25, -0.2) is 0 Å². The van der Waals surface area contributed by atoms with Crippen LogP contribution in [0.5, 0.6) is 0 Å². The minimum Gasteiger partial charge on any atom is -0.481 e. The van der Waals surface area contributed by atoms with Crippen LogP contribution in [-0.4, -0.2) is 36.1 Å². The summed E-state index contributed by atoms with van der Waals surface area (Å²) in [5, 5.41) is 8.77. The first-order chi connectivity index (χ1) is 5.92. The third-order valence-corrected chi connectivity index (χ3v) is 3.20. The second kappa shape index (κ2) is 3.66. The summed E-state index contributed by atoms with van der Waals surface area (Å²) in [6, 6.07) is 0. The number of nitrogens with zero attached hydrogens (tertiary/aromatic N) is 1. The maximum absolute atomic E-state index is 10.6. The van der Waals surface area contributed by atoms with Gasteiger partial charge in [-0.3, -0.25) is 4.79 Å². The van der Waals surface area contributed by atoms with Gasteiger partial charge >= 0.3 is 5.97 Å². The Morgan fingerprint density at radius 3 is 2.77 bits per heavy atom. The molecule has 13 heavy (non-hydrogen) atoms. The molecule has 0 aromatic rings. The van der Waals surface area contributed by atoms with Crippen LogP contribution in [0.15, 0.2) is 0 Å². The Kier molecular flexibility index (Phi) is 2.96. The minimum atomic E-state index is -0.673. The second-order valence-corrected chi connectivity index (χ2v) is 4.80. The van der Waals surface area contributed by atoms with E-state index in [9.17, 15) is 4.79 Å². The molecule has 0 aromatic carbocycles. The summed E-state index contributed by atoms with van der Waals surface area (Å²) in [5.41, 5.74) is 0.185. The first-order valence-electron chi connectivity index (χ1n) is 4.82. The van der Waals surface area contributed by atoms with Crippen molar-refractivity contribution in [2.24, 2.45) is 11.3 Å². The van der Waals surface area contributed by atoms with E-state index in [1.54, 1.807) is 0 Å². The average molecular weight is 185 g/mol. The van der Waals surface area contributed by atoms with Crippen molar-refractivity contribution < 1.29 is 9.90 Å². The summed E-state index contributed by atoms with van der Waals surface area (Å²) in [5.74, 6) is -0.378. The molecule has 1 heterocycles. The fourth-order valence-corrected chi connectivity index (χ4v) is 1.95. The fraction of sp³-hybridized carbons (Fsp3) is 0.900. The normalized spacial score (nSPS) is 28.7. The van der Waals surface area contributed by atoms with Crippen molar-refractivity contribution in [2.75, 3.05) is 20.1 Å². The number of carboxylic acids is 1. The SMILES string of the molecule is CN1CCC(C)(C)C(CC(=O)O)C1. The molecule has 3 heteroatoms. The fourth-order valence-electron chi connectivity index (χ4n) is 1.95. The van der Waals surface area contributed by atoms with E-state index in [4.69, 9.17) is 5.11 Å². The molecule has 1 aliphatic heterocycles. The first kappa shape index (κ1) is 10.5. The predicted molar refractivity (Wildman–Crippen MR) is 51.6 cm³/mol. The largest absolute Gasteiger partial charge is 0.481 e. The van der Waals surface area contributed by atoms with Crippen molar-refractivity contribution in [3.8, 4) is 0 Å². The van der Waals surface area contributed by atoms with Crippen LogP contribution in [0.2, 0.25) is 0 Å². The molecule has 1 atom stereocenters. The number of likely N-dealkylation sites (tertiary alicyclic amines) is 1. The van der Waals surface area contributed by atoms with E-state index < -0.39 is 5.97 Å². The van der Waals surface area contributed by atoms with Crippen LogP contribution in [0.25, 0.3) is 0 Å². The number of rotatable bonds is 2. The van der Waals surface area contributed by atoms with Crippen molar-refractivity contribution in [3.05, 3.63) is 0 Å². The summed E-state index contributed by atoms with van der Waals surface area (Å²) in [7, 11) is 2.06. The Bertz CT molecular complexity index is 201. The van der Waals surface area contributed by atoms with Crippen LogP contribution in [0.1, 0.15) is 26.7 Å². The molecule has 3 nitrogen and oxygen atoms in total. The molecule has 1 saturated heterocycles. The molecule has 0 aromatic heterocycles. The molecule has 1 rings (SSSR count). The van der Waals surface area contributed by atoms with Crippen molar-refractivity contribution in [3.63, 3.8) is 0 Å². The molecule has 0 saturated carbocycles. The number of hydrogen-bond acceptors (Lipinski definition) is 2. The van der Waals surface area contributed by atoms with Crippen LogP contribution in [0, 0.1) is 11.3 Å². The molecular weight excluding hydrogens is 166 g/mol. The summed E-state index contributed by atoms with van der Waals surface area (Å²) < 4.78 is 0.